The Kier molecular flexibility index (Phi) is 5.54. The van der Waals surface area contributed by atoms with Crippen LogP contribution in [0.1, 0.15) is 30.6 Å². The number of ketones is 1. The number of amides is 3. The van der Waals surface area contributed by atoms with Gasteiger partial charge in [-0.25, -0.2) is 0 Å². The molecule has 7 nitrogen and oxygen atoms in total. The van der Waals surface area contributed by atoms with E-state index < -0.39 is 5.92 Å². The predicted molar refractivity (Wildman–Crippen MR) is 106 cm³/mol. The van der Waals surface area contributed by atoms with Gasteiger partial charge in [0.05, 0.1) is 5.92 Å². The van der Waals surface area contributed by atoms with Crippen LogP contribution in [0, 0.1) is 5.92 Å². The number of carbonyl (C=O) groups excluding carboxylic acids is 4. The smallest absolute Gasteiger partial charge is 0.229 e. The fourth-order valence-electron chi connectivity index (χ4n) is 3.09. The number of nitrogens with one attached hydrogen (secondary N) is 2. The molecule has 1 heterocycles. The van der Waals surface area contributed by atoms with Gasteiger partial charge in [-0.15, -0.1) is 0 Å². The molecule has 0 spiro atoms. The van der Waals surface area contributed by atoms with Crippen molar-refractivity contribution in [3.8, 4) is 0 Å². The number of carbonyl (C=O) groups is 4. The molecule has 3 amide bonds. The van der Waals surface area contributed by atoms with E-state index in [0.29, 0.717) is 22.6 Å². The van der Waals surface area contributed by atoms with Crippen LogP contribution in [0.3, 0.4) is 0 Å². The Balaban J connectivity index is 1.63. The minimum Gasteiger partial charge on any atom is -0.326 e. The number of rotatable bonds is 5. The van der Waals surface area contributed by atoms with E-state index in [2.05, 4.69) is 10.6 Å². The minimum absolute atomic E-state index is 0.0407. The Morgan fingerprint density at radius 1 is 0.893 bits per heavy atom. The van der Waals surface area contributed by atoms with E-state index >= 15 is 0 Å². The van der Waals surface area contributed by atoms with Crippen molar-refractivity contribution >= 4 is 40.6 Å². The van der Waals surface area contributed by atoms with Crippen molar-refractivity contribution in [1.29, 1.82) is 0 Å². The molecule has 1 atom stereocenters. The van der Waals surface area contributed by atoms with Crippen LogP contribution in [0.15, 0.2) is 48.5 Å². The zero-order valence-electron chi connectivity index (χ0n) is 15.7. The van der Waals surface area contributed by atoms with Crippen molar-refractivity contribution in [1.82, 2.24) is 0 Å². The third kappa shape index (κ3) is 4.43. The monoisotopic (exact) mass is 379 g/mol. The molecule has 144 valence electrons. The number of anilines is 3. The average molecular weight is 379 g/mol. The zero-order chi connectivity index (χ0) is 20.3. The van der Waals surface area contributed by atoms with Crippen molar-refractivity contribution in [2.45, 2.75) is 20.3 Å². The lowest BCUT2D eigenvalue weighted by Crippen LogP contribution is -2.28. The second-order valence-corrected chi connectivity index (χ2v) is 6.76. The Morgan fingerprint density at radius 3 is 2.00 bits per heavy atom. The first-order valence-corrected chi connectivity index (χ1v) is 8.93. The molecule has 0 aliphatic carbocycles. The summed E-state index contributed by atoms with van der Waals surface area (Å²) in [7, 11) is 0. The summed E-state index contributed by atoms with van der Waals surface area (Å²) < 4.78 is 0. The molecule has 0 saturated carbocycles. The maximum Gasteiger partial charge on any atom is 0.229 e. The largest absolute Gasteiger partial charge is 0.326 e. The summed E-state index contributed by atoms with van der Waals surface area (Å²) in [4.78, 5) is 48.9. The van der Waals surface area contributed by atoms with Crippen LogP contribution in [0.2, 0.25) is 0 Å². The third-order valence-electron chi connectivity index (χ3n) is 4.55. The summed E-state index contributed by atoms with van der Waals surface area (Å²) in [5.41, 5.74) is 2.48. The number of Topliss-reactive ketones (excluding diaryl/α,β-unsaturated/α-hetero) is 1. The lowest BCUT2D eigenvalue weighted by Gasteiger charge is -2.17. The molecular weight excluding hydrogens is 358 g/mol. The summed E-state index contributed by atoms with van der Waals surface area (Å²) in [6, 6.07) is 13.6. The molecule has 0 bridgehead atoms. The normalized spacial score (nSPS) is 16.0. The molecule has 1 unspecified atom stereocenters. The summed E-state index contributed by atoms with van der Waals surface area (Å²) >= 11 is 0. The van der Waals surface area contributed by atoms with Crippen LogP contribution in [0.5, 0.6) is 0 Å². The van der Waals surface area contributed by atoms with Gasteiger partial charge in [0.15, 0.2) is 5.78 Å². The van der Waals surface area contributed by atoms with E-state index in [0.717, 1.165) is 0 Å². The molecule has 28 heavy (non-hydrogen) atoms. The van der Waals surface area contributed by atoms with E-state index in [4.69, 9.17) is 0 Å². The van der Waals surface area contributed by atoms with Crippen molar-refractivity contribution in [3.05, 3.63) is 54.1 Å². The fraction of sp³-hybridized carbons (Fsp3) is 0.238. The van der Waals surface area contributed by atoms with Crippen molar-refractivity contribution in [3.63, 3.8) is 0 Å². The van der Waals surface area contributed by atoms with E-state index in [-0.39, 0.29) is 36.5 Å². The first-order chi connectivity index (χ1) is 13.3. The van der Waals surface area contributed by atoms with Crippen LogP contribution in [0.25, 0.3) is 0 Å². The van der Waals surface area contributed by atoms with Crippen molar-refractivity contribution in [2.75, 3.05) is 22.1 Å². The van der Waals surface area contributed by atoms with E-state index in [9.17, 15) is 19.2 Å². The molecule has 3 rings (SSSR count). The molecule has 1 saturated heterocycles. The van der Waals surface area contributed by atoms with Gasteiger partial charge in [0.1, 0.15) is 0 Å². The van der Waals surface area contributed by atoms with E-state index in [1.807, 2.05) is 0 Å². The van der Waals surface area contributed by atoms with Gasteiger partial charge in [-0.05, 0) is 55.5 Å². The quantitative estimate of drug-likeness (QED) is 0.781. The Bertz CT molecular complexity index is 920. The topological polar surface area (TPSA) is 95.6 Å². The van der Waals surface area contributed by atoms with Crippen LogP contribution < -0.4 is 15.5 Å². The second-order valence-electron chi connectivity index (χ2n) is 6.76. The Hall–Kier alpha value is -3.48. The first-order valence-electron chi connectivity index (χ1n) is 8.93. The average Bonchev–Trinajstić information content (AvgIpc) is 3.05. The zero-order valence-corrected chi connectivity index (χ0v) is 15.7. The summed E-state index contributed by atoms with van der Waals surface area (Å²) in [5.74, 6) is -1.03. The maximum absolute atomic E-state index is 12.5. The van der Waals surface area contributed by atoms with Gasteiger partial charge in [0.25, 0.3) is 0 Å². The van der Waals surface area contributed by atoms with Crippen molar-refractivity contribution in [2.24, 2.45) is 5.92 Å². The second kappa shape index (κ2) is 8.04. The molecule has 0 radical (unpaired) electrons. The maximum atomic E-state index is 12.5. The van der Waals surface area contributed by atoms with Gasteiger partial charge in [-0.1, -0.05) is 0 Å². The molecule has 1 aliphatic rings. The highest BCUT2D eigenvalue weighted by molar-refractivity contribution is 6.04. The Morgan fingerprint density at radius 2 is 1.46 bits per heavy atom. The van der Waals surface area contributed by atoms with Crippen LogP contribution in [-0.2, 0) is 14.4 Å². The first kappa shape index (κ1) is 19.3. The fourth-order valence-corrected chi connectivity index (χ4v) is 3.09. The molecule has 2 N–H and O–H groups in total. The van der Waals surface area contributed by atoms with Gasteiger partial charge >= 0.3 is 0 Å². The molecule has 1 aliphatic heterocycles. The minimum atomic E-state index is -0.463. The van der Waals surface area contributed by atoms with E-state index in [1.165, 1.54) is 13.8 Å². The summed E-state index contributed by atoms with van der Waals surface area (Å²) in [6.07, 6.45) is 0.129. The van der Waals surface area contributed by atoms with Crippen LogP contribution in [0.4, 0.5) is 17.1 Å². The lowest BCUT2D eigenvalue weighted by atomic mass is 10.1. The number of nitrogens with zero attached hydrogens (tertiary/aromatic N) is 1. The van der Waals surface area contributed by atoms with Gasteiger partial charge in [-0.2, -0.15) is 0 Å². The predicted octanol–water partition coefficient (Wildman–Crippen LogP) is 2.84. The van der Waals surface area contributed by atoms with Gasteiger partial charge in [0, 0.05) is 42.5 Å². The molecule has 0 aromatic heterocycles. The van der Waals surface area contributed by atoms with Crippen molar-refractivity contribution < 1.29 is 19.2 Å². The SMILES string of the molecule is CC(=O)Nc1ccc(NC(=O)C2CC(=O)N(c3ccc(C(C)=O)cc3)C2)cc1. The summed E-state index contributed by atoms with van der Waals surface area (Å²) in [5, 5.41) is 5.46. The van der Waals surface area contributed by atoms with Crippen LogP contribution >= 0.6 is 0 Å². The van der Waals surface area contributed by atoms with Gasteiger partial charge in [0.2, 0.25) is 17.7 Å². The lowest BCUT2D eigenvalue weighted by molar-refractivity contribution is -0.122. The standard InChI is InChI=1S/C21H21N3O4/c1-13(25)15-3-9-19(10-4-15)24-12-16(11-20(24)27)21(28)23-18-7-5-17(6-8-18)22-14(2)26/h3-10,16H,11-12H2,1-2H3,(H,22,26)(H,23,28). The highest BCUT2D eigenvalue weighted by Gasteiger charge is 2.35. The van der Waals surface area contributed by atoms with Gasteiger partial charge in [-0.3, -0.25) is 19.2 Å². The molecule has 7 heteroatoms. The highest BCUT2D eigenvalue weighted by atomic mass is 16.2. The summed E-state index contributed by atoms with van der Waals surface area (Å²) in [6.45, 7) is 3.19. The van der Waals surface area contributed by atoms with E-state index in [1.54, 1.807) is 53.4 Å². The molecule has 2 aromatic carbocycles. The number of hydrogen-bond donors (Lipinski definition) is 2. The number of benzene rings is 2. The molecule has 1 fully saturated rings. The third-order valence-corrected chi connectivity index (χ3v) is 4.55. The number of hydrogen-bond acceptors (Lipinski definition) is 4. The van der Waals surface area contributed by atoms with Crippen LogP contribution in [-0.4, -0.2) is 30.0 Å². The highest BCUT2D eigenvalue weighted by Crippen LogP contribution is 2.26. The van der Waals surface area contributed by atoms with Gasteiger partial charge < -0.3 is 15.5 Å². The Labute approximate surface area is 162 Å². The molecule has 2 aromatic rings. The molecular formula is C21H21N3O4.